The van der Waals surface area contributed by atoms with E-state index in [4.69, 9.17) is 18.9 Å². The molecule has 4 atom stereocenters. The van der Waals surface area contributed by atoms with E-state index in [9.17, 15) is 24.3 Å². The lowest BCUT2D eigenvalue weighted by Gasteiger charge is -2.29. The third-order valence-corrected chi connectivity index (χ3v) is 7.18. The van der Waals surface area contributed by atoms with Crippen LogP contribution < -0.4 is 10.1 Å². The van der Waals surface area contributed by atoms with Crippen molar-refractivity contribution in [2.45, 2.75) is 53.2 Å². The molecule has 0 saturated carbocycles. The fourth-order valence-corrected chi connectivity index (χ4v) is 4.64. The minimum atomic E-state index is -1.05. The first-order valence-electron chi connectivity index (χ1n) is 14.4. The van der Waals surface area contributed by atoms with Crippen molar-refractivity contribution in [3.63, 3.8) is 0 Å². The molecule has 0 radical (unpaired) electrons. The van der Waals surface area contributed by atoms with Crippen molar-refractivity contribution in [1.29, 1.82) is 0 Å². The highest BCUT2D eigenvalue weighted by atomic mass is 16.6. The van der Waals surface area contributed by atoms with Crippen LogP contribution in [0.3, 0.4) is 0 Å². The molecule has 0 aliphatic carbocycles. The lowest BCUT2D eigenvalue weighted by Crippen LogP contribution is -2.43. The number of hydrogen-bond donors (Lipinski definition) is 2. The SMILES string of the molecule is COc1ccnc(C(=O)NC/C=C(/C)C=C(C)C2COC(=O)C(Cc3ccccc3)C(OC(=O)C(C)C)C(C)OC2=O)c1O. The van der Waals surface area contributed by atoms with Crippen molar-refractivity contribution in [2.24, 2.45) is 17.8 Å². The van der Waals surface area contributed by atoms with Gasteiger partial charge in [-0.3, -0.25) is 19.2 Å². The topological polar surface area (TPSA) is 150 Å². The van der Waals surface area contributed by atoms with Gasteiger partial charge in [0.1, 0.15) is 24.5 Å². The number of carbonyl (C=O) groups is 4. The summed E-state index contributed by atoms with van der Waals surface area (Å²) < 4.78 is 22.2. The zero-order valence-corrected chi connectivity index (χ0v) is 25.9. The number of amides is 1. The van der Waals surface area contributed by atoms with Crippen molar-refractivity contribution >= 4 is 23.8 Å². The molecule has 4 unspecified atom stereocenters. The quantitative estimate of drug-likeness (QED) is 0.231. The van der Waals surface area contributed by atoms with Crippen LogP contribution in [0, 0.1) is 17.8 Å². The Kier molecular flexibility index (Phi) is 12.1. The number of allylic oxidation sites excluding steroid dienone is 2. The standard InChI is InChI=1S/C33H40N2O9/c1-19(2)31(38)44-29-22(5)43-33(40)25(18-42-32(39)24(29)17-23-10-8-7-9-11-23)21(4)16-20(3)12-14-35-30(37)27-28(36)26(41-6)13-15-34-27/h7-13,15-16,19,22,24-25,29,36H,14,17-18H2,1-6H3,(H,35,37)/b20-12-,21-16?. The lowest BCUT2D eigenvalue weighted by atomic mass is 9.91. The fraction of sp³-hybridized carbons (Fsp3) is 0.424. The van der Waals surface area contributed by atoms with Gasteiger partial charge in [-0.05, 0) is 32.8 Å². The summed E-state index contributed by atoms with van der Waals surface area (Å²) in [5, 5.41) is 12.8. The smallest absolute Gasteiger partial charge is 0.316 e. The molecule has 44 heavy (non-hydrogen) atoms. The van der Waals surface area contributed by atoms with E-state index in [0.29, 0.717) is 11.1 Å². The van der Waals surface area contributed by atoms with Crippen LogP contribution in [0.2, 0.25) is 0 Å². The molecule has 1 aliphatic heterocycles. The number of ether oxygens (including phenoxy) is 4. The average molecular weight is 609 g/mol. The Labute approximate surface area is 257 Å². The predicted octanol–water partition coefficient (Wildman–Crippen LogP) is 3.95. The molecule has 1 aromatic carbocycles. The van der Waals surface area contributed by atoms with Gasteiger partial charge in [0.25, 0.3) is 5.91 Å². The van der Waals surface area contributed by atoms with E-state index in [-0.39, 0.29) is 36.8 Å². The van der Waals surface area contributed by atoms with E-state index in [2.05, 4.69) is 10.3 Å². The fourth-order valence-electron chi connectivity index (χ4n) is 4.64. The Hall–Kier alpha value is -4.67. The third-order valence-electron chi connectivity index (χ3n) is 7.18. The number of aromatic hydroxyl groups is 1. The van der Waals surface area contributed by atoms with Gasteiger partial charge < -0.3 is 29.4 Å². The van der Waals surface area contributed by atoms with Crippen LogP contribution in [0.4, 0.5) is 0 Å². The van der Waals surface area contributed by atoms with E-state index < -0.39 is 53.8 Å². The largest absolute Gasteiger partial charge is 0.503 e. The molecule has 1 saturated heterocycles. The highest BCUT2D eigenvalue weighted by Crippen LogP contribution is 2.28. The normalized spacial score (nSPS) is 21.3. The number of pyridine rings is 1. The van der Waals surface area contributed by atoms with Crippen molar-refractivity contribution in [3.8, 4) is 11.5 Å². The summed E-state index contributed by atoms with van der Waals surface area (Å²) in [5.41, 5.74) is 1.95. The number of nitrogens with one attached hydrogen (secondary N) is 1. The second-order valence-corrected chi connectivity index (χ2v) is 10.9. The van der Waals surface area contributed by atoms with E-state index in [1.807, 2.05) is 30.3 Å². The molecule has 0 bridgehead atoms. The second-order valence-electron chi connectivity index (χ2n) is 10.9. The Morgan fingerprint density at radius 2 is 1.84 bits per heavy atom. The van der Waals surface area contributed by atoms with Crippen molar-refractivity contribution in [3.05, 3.63) is 77.2 Å². The molecule has 3 rings (SSSR count). The highest BCUT2D eigenvalue weighted by molar-refractivity contribution is 5.95. The number of benzene rings is 1. The van der Waals surface area contributed by atoms with Gasteiger partial charge in [-0.25, -0.2) is 4.98 Å². The van der Waals surface area contributed by atoms with Gasteiger partial charge >= 0.3 is 17.9 Å². The molecule has 2 heterocycles. The van der Waals surface area contributed by atoms with Crippen molar-refractivity contribution < 1.29 is 43.2 Å². The summed E-state index contributed by atoms with van der Waals surface area (Å²) in [6, 6.07) is 10.7. The summed E-state index contributed by atoms with van der Waals surface area (Å²) >= 11 is 0. The van der Waals surface area contributed by atoms with Crippen molar-refractivity contribution in [1.82, 2.24) is 10.3 Å². The first-order valence-corrected chi connectivity index (χ1v) is 14.4. The van der Waals surface area contributed by atoms with Gasteiger partial charge in [0.05, 0.1) is 13.0 Å². The number of hydrogen-bond acceptors (Lipinski definition) is 10. The molecular weight excluding hydrogens is 568 g/mol. The Morgan fingerprint density at radius 3 is 2.50 bits per heavy atom. The molecule has 11 heteroatoms. The molecule has 1 aromatic heterocycles. The number of nitrogens with zero attached hydrogens (tertiary/aromatic N) is 1. The summed E-state index contributed by atoms with van der Waals surface area (Å²) in [5.74, 6) is -4.81. The van der Waals surface area contributed by atoms with Gasteiger partial charge in [0, 0.05) is 18.8 Å². The summed E-state index contributed by atoms with van der Waals surface area (Å²) in [4.78, 5) is 55.7. The number of cyclic esters (lactones) is 2. The molecular formula is C33H40N2O9. The zero-order valence-electron chi connectivity index (χ0n) is 25.9. The number of carbonyl (C=O) groups excluding carboxylic acids is 4. The monoisotopic (exact) mass is 608 g/mol. The van der Waals surface area contributed by atoms with E-state index >= 15 is 0 Å². The van der Waals surface area contributed by atoms with Gasteiger partial charge in [-0.2, -0.15) is 0 Å². The molecule has 1 amide bonds. The molecule has 1 fully saturated rings. The maximum absolute atomic E-state index is 13.4. The highest BCUT2D eigenvalue weighted by Gasteiger charge is 2.42. The minimum Gasteiger partial charge on any atom is -0.503 e. The van der Waals surface area contributed by atoms with Crippen LogP contribution in [-0.4, -0.2) is 66.4 Å². The number of rotatable bonds is 10. The molecule has 2 N–H and O–H groups in total. The van der Waals surface area contributed by atoms with Gasteiger partial charge in [0.2, 0.25) is 0 Å². The molecule has 11 nitrogen and oxygen atoms in total. The lowest BCUT2D eigenvalue weighted by molar-refractivity contribution is -0.176. The van der Waals surface area contributed by atoms with Crippen LogP contribution in [0.5, 0.6) is 11.5 Å². The first-order chi connectivity index (χ1) is 20.9. The number of esters is 3. The molecule has 1 aliphatic rings. The number of aromatic nitrogens is 1. The van der Waals surface area contributed by atoms with Crippen LogP contribution >= 0.6 is 0 Å². The summed E-state index contributed by atoms with van der Waals surface area (Å²) in [6.45, 7) is 8.32. The Morgan fingerprint density at radius 1 is 1.14 bits per heavy atom. The Bertz CT molecular complexity index is 1400. The van der Waals surface area contributed by atoms with Crippen LogP contribution in [0.15, 0.2) is 65.9 Å². The molecule has 0 spiro atoms. The molecule has 2 aromatic rings. The van der Waals surface area contributed by atoms with Gasteiger partial charge in [-0.1, -0.05) is 67.5 Å². The maximum atomic E-state index is 13.4. The zero-order chi connectivity index (χ0) is 32.4. The first kappa shape index (κ1) is 33.8. The maximum Gasteiger partial charge on any atom is 0.316 e. The summed E-state index contributed by atoms with van der Waals surface area (Å²) in [6.07, 6.45) is 3.05. The summed E-state index contributed by atoms with van der Waals surface area (Å²) in [7, 11) is 1.37. The average Bonchev–Trinajstić information content (AvgIpc) is 3.02. The minimum absolute atomic E-state index is 0.109. The third kappa shape index (κ3) is 8.92. The number of methoxy groups -OCH3 is 1. The second kappa shape index (κ2) is 15.7. The van der Waals surface area contributed by atoms with Crippen LogP contribution in [0.1, 0.15) is 50.7 Å². The van der Waals surface area contributed by atoms with Crippen molar-refractivity contribution in [2.75, 3.05) is 20.3 Å². The van der Waals surface area contributed by atoms with E-state index in [1.165, 1.54) is 19.4 Å². The predicted molar refractivity (Wildman–Crippen MR) is 161 cm³/mol. The Balaban J connectivity index is 1.77. The van der Waals surface area contributed by atoms with Crippen LogP contribution in [-0.2, 0) is 35.0 Å². The van der Waals surface area contributed by atoms with Gasteiger partial charge in [0.15, 0.2) is 23.3 Å². The van der Waals surface area contributed by atoms with E-state index in [0.717, 1.165) is 5.56 Å². The molecule has 236 valence electrons. The van der Waals surface area contributed by atoms with Crippen LogP contribution in [0.25, 0.3) is 0 Å². The van der Waals surface area contributed by atoms with E-state index in [1.54, 1.807) is 46.8 Å². The van der Waals surface area contributed by atoms with Gasteiger partial charge in [-0.15, -0.1) is 0 Å².